The molecular formula is C57H79N15O15. The maximum atomic E-state index is 14.9. The van der Waals surface area contributed by atoms with Gasteiger partial charge in [-0.1, -0.05) is 38.5 Å². The molecule has 4 aliphatic heterocycles. The quantitative estimate of drug-likeness (QED) is 0.0343. The van der Waals surface area contributed by atoms with Crippen molar-refractivity contribution in [2.24, 2.45) is 23.1 Å². The fraction of sp³-hybridized carbons (Fsp3) is 0.579. The van der Waals surface area contributed by atoms with E-state index in [-0.39, 0.29) is 84.0 Å². The van der Waals surface area contributed by atoms with Crippen molar-refractivity contribution in [1.29, 1.82) is 0 Å². The lowest BCUT2D eigenvalue weighted by Gasteiger charge is -2.34. The highest BCUT2D eigenvalue weighted by Crippen LogP contribution is 2.29. The van der Waals surface area contributed by atoms with Gasteiger partial charge in [0, 0.05) is 80.9 Å². The van der Waals surface area contributed by atoms with E-state index < -0.39 is 156 Å². The number of hydrogen-bond acceptors (Lipinski definition) is 15. The molecule has 472 valence electrons. The number of nitrogens with one attached hydrogen (secondary N) is 7. The molecular weight excluding hydrogens is 1130 g/mol. The molecule has 0 spiro atoms. The largest absolute Gasteiger partial charge is 0.481 e. The Morgan fingerprint density at radius 3 is 1.75 bits per heavy atom. The van der Waals surface area contributed by atoms with Crippen LogP contribution in [0.2, 0.25) is 0 Å². The summed E-state index contributed by atoms with van der Waals surface area (Å²) in [5.41, 5.74) is 18.6. The van der Waals surface area contributed by atoms with Crippen molar-refractivity contribution in [2.45, 2.75) is 177 Å². The minimum atomic E-state index is -1.66. The number of nitrogens with zero attached hydrogens (tertiary/aromatic N) is 5. The van der Waals surface area contributed by atoms with E-state index in [9.17, 15) is 67.4 Å². The molecule has 0 saturated carbocycles. The zero-order valence-electron chi connectivity index (χ0n) is 48.7. The standard InChI is InChI=1S/C57H79N15O15/c1-3-30(2)47(56(85)71-22-8-14-42(71)55(84)72-23-9-15-43(72)57(86)87)68-49(78)36(17-18-44(59)73)64-51(80)40-12-6-21-70(40)54(83)39(25-32-28-61-29-63-32)67-52(81)41-13-7-20-69(41)53(82)38(24-31-27-62-35-11-5-4-10-33(31)35)66-50(79)37(26-45(60)74)65-48(77)34(58)16-19-46(75)76/h4-5,10-11,27-30,34,36-43,47,62H,3,6-9,12-26,58H2,1-2H3,(H2,59,73)(H2,60,74)(H,61,63)(H,64,80)(H,65,77)(H,66,79)(H,67,81)(H,68,78)(H,75,76)(H,86,87)/t30-,34-,36-,37-,38-,39-,40-,41-,42-,43-,47-/m0/s1. The van der Waals surface area contributed by atoms with Gasteiger partial charge in [-0.25, -0.2) is 9.78 Å². The summed E-state index contributed by atoms with van der Waals surface area (Å²) in [5, 5.41) is 32.9. The van der Waals surface area contributed by atoms with Crippen LogP contribution in [-0.4, -0.2) is 208 Å². The summed E-state index contributed by atoms with van der Waals surface area (Å²) >= 11 is 0. The number of nitrogens with two attached hydrogens (primary N) is 3. The summed E-state index contributed by atoms with van der Waals surface area (Å²) in [6.07, 6.45) is 4.69. The number of aromatic nitrogens is 3. The summed E-state index contributed by atoms with van der Waals surface area (Å²) in [7, 11) is 0. The third-order valence-electron chi connectivity index (χ3n) is 16.8. The molecule has 0 unspecified atom stereocenters. The molecule has 30 heteroatoms. The molecule has 87 heavy (non-hydrogen) atoms. The summed E-state index contributed by atoms with van der Waals surface area (Å²) < 4.78 is 0. The summed E-state index contributed by atoms with van der Waals surface area (Å²) in [6, 6.07) is -5.82. The number of benzene rings is 1. The SMILES string of the molecule is CC[C@H](C)[C@H](NC(=O)[C@H](CCC(N)=O)NC(=O)[C@@H]1CCCN1C(=O)[C@H](Cc1cnc[nH]1)NC(=O)[C@@H]1CCCN1C(=O)[C@H](Cc1c[nH]c2ccccc12)NC(=O)[C@H](CC(N)=O)NC(=O)[C@@H](N)CCC(=O)O)C(=O)N1CCC[C@H]1C(=O)N1CCC[C@H]1C(=O)O. The van der Waals surface area contributed by atoms with Crippen molar-refractivity contribution >= 4 is 87.8 Å². The molecule has 0 bridgehead atoms. The van der Waals surface area contributed by atoms with Gasteiger partial charge in [0.05, 0.1) is 18.8 Å². The number of aromatic amines is 2. The highest BCUT2D eigenvalue weighted by molar-refractivity contribution is 6.00. The van der Waals surface area contributed by atoms with Gasteiger partial charge in [-0.3, -0.25) is 57.5 Å². The number of aliphatic carboxylic acids is 2. The van der Waals surface area contributed by atoms with E-state index in [1.807, 2.05) is 0 Å². The minimum Gasteiger partial charge on any atom is -0.481 e. The fourth-order valence-corrected chi connectivity index (χ4v) is 11.9. The zero-order chi connectivity index (χ0) is 63.2. The van der Waals surface area contributed by atoms with Crippen LogP contribution in [0.3, 0.4) is 0 Å². The second-order valence-corrected chi connectivity index (χ2v) is 22.8. The van der Waals surface area contributed by atoms with E-state index in [0.29, 0.717) is 54.3 Å². The van der Waals surface area contributed by atoms with Crippen LogP contribution in [-0.2, 0) is 75.2 Å². The molecule has 11 atom stereocenters. The Balaban J connectivity index is 1.08. The third-order valence-corrected chi connectivity index (χ3v) is 16.8. The number of carboxylic acid groups (broad SMARTS) is 2. The molecule has 4 saturated heterocycles. The van der Waals surface area contributed by atoms with Crippen LogP contribution < -0.4 is 43.8 Å². The highest BCUT2D eigenvalue weighted by Gasteiger charge is 2.46. The highest BCUT2D eigenvalue weighted by atomic mass is 16.4. The van der Waals surface area contributed by atoms with Gasteiger partial charge in [0.2, 0.25) is 65.0 Å². The minimum absolute atomic E-state index is 0.0213. The first-order valence-electron chi connectivity index (χ1n) is 29.5. The number of fused-ring (bicyclic) bond motifs is 1. The second-order valence-electron chi connectivity index (χ2n) is 22.8. The van der Waals surface area contributed by atoms with Crippen LogP contribution in [0.15, 0.2) is 43.0 Å². The lowest BCUT2D eigenvalue weighted by molar-refractivity contribution is -0.152. The third kappa shape index (κ3) is 16.5. The average molecular weight is 1210 g/mol. The number of para-hydroxylation sites is 1. The number of hydrogen-bond donors (Lipinski definition) is 12. The Kier molecular flexibility index (Phi) is 22.5. The van der Waals surface area contributed by atoms with E-state index in [4.69, 9.17) is 22.3 Å². The molecule has 2 aromatic heterocycles. The Labute approximate surface area is 500 Å². The molecule has 1 aromatic carbocycles. The fourth-order valence-electron chi connectivity index (χ4n) is 11.9. The maximum Gasteiger partial charge on any atom is 0.326 e. The number of imidazole rings is 1. The molecule has 0 aliphatic carbocycles. The van der Waals surface area contributed by atoms with E-state index in [1.54, 1.807) is 44.3 Å². The van der Waals surface area contributed by atoms with Crippen LogP contribution >= 0.6 is 0 Å². The first kappa shape index (κ1) is 65.6. The molecule has 7 rings (SSSR count). The van der Waals surface area contributed by atoms with Gasteiger partial charge in [-0.15, -0.1) is 0 Å². The van der Waals surface area contributed by atoms with Gasteiger partial charge in [0.15, 0.2) is 0 Å². The molecule has 15 N–H and O–H groups in total. The topological polar surface area (TPSA) is 458 Å². The molecule has 4 fully saturated rings. The van der Waals surface area contributed by atoms with Gasteiger partial charge in [0.1, 0.15) is 54.4 Å². The zero-order valence-corrected chi connectivity index (χ0v) is 48.7. The van der Waals surface area contributed by atoms with Crippen molar-refractivity contribution in [3.8, 4) is 0 Å². The Morgan fingerprint density at radius 1 is 0.621 bits per heavy atom. The van der Waals surface area contributed by atoms with Crippen molar-refractivity contribution in [1.82, 2.24) is 61.1 Å². The summed E-state index contributed by atoms with van der Waals surface area (Å²) in [5.74, 6) is -11.5. The molecule has 30 nitrogen and oxygen atoms in total. The molecule has 6 heterocycles. The van der Waals surface area contributed by atoms with E-state index >= 15 is 0 Å². The molecule has 11 amide bonds. The predicted molar refractivity (Wildman–Crippen MR) is 307 cm³/mol. The van der Waals surface area contributed by atoms with Crippen molar-refractivity contribution in [3.05, 3.63) is 54.2 Å². The maximum absolute atomic E-state index is 14.9. The van der Waals surface area contributed by atoms with Crippen LogP contribution in [0.5, 0.6) is 0 Å². The van der Waals surface area contributed by atoms with Crippen molar-refractivity contribution < 1.29 is 72.5 Å². The van der Waals surface area contributed by atoms with Gasteiger partial charge in [-0.05, 0) is 81.8 Å². The molecule has 4 aliphatic rings. The number of rotatable bonds is 29. The van der Waals surface area contributed by atoms with E-state index in [2.05, 4.69) is 41.5 Å². The van der Waals surface area contributed by atoms with Crippen LogP contribution in [0.4, 0.5) is 0 Å². The van der Waals surface area contributed by atoms with Crippen molar-refractivity contribution in [2.75, 3.05) is 26.2 Å². The predicted octanol–water partition coefficient (Wildman–Crippen LogP) is -2.47. The molecule has 3 aromatic rings. The lowest BCUT2D eigenvalue weighted by Crippen LogP contribution is -2.61. The van der Waals surface area contributed by atoms with Crippen LogP contribution in [0.25, 0.3) is 10.9 Å². The number of primary amides is 2. The van der Waals surface area contributed by atoms with Gasteiger partial charge in [0.25, 0.3) is 0 Å². The van der Waals surface area contributed by atoms with Gasteiger partial charge >= 0.3 is 11.9 Å². The summed E-state index contributed by atoms with van der Waals surface area (Å²) in [6.45, 7) is 3.97. The normalized spacial score (nSPS) is 20.8. The Bertz CT molecular complexity index is 3060. The van der Waals surface area contributed by atoms with Crippen LogP contribution in [0, 0.1) is 5.92 Å². The Hall–Kier alpha value is -8.96. The number of carboxylic acids is 2. The average Bonchev–Trinajstić information content (AvgIpc) is 3.45. The van der Waals surface area contributed by atoms with E-state index in [1.165, 1.54) is 32.1 Å². The van der Waals surface area contributed by atoms with Crippen molar-refractivity contribution in [3.63, 3.8) is 0 Å². The van der Waals surface area contributed by atoms with Crippen LogP contribution in [0.1, 0.15) is 115 Å². The molecule has 0 radical (unpaired) electrons. The Morgan fingerprint density at radius 2 is 1.17 bits per heavy atom. The number of carbonyl (C=O) groups is 13. The smallest absolute Gasteiger partial charge is 0.326 e. The first-order valence-corrected chi connectivity index (χ1v) is 29.5. The number of carbonyl (C=O) groups excluding carboxylic acids is 11. The van der Waals surface area contributed by atoms with Gasteiger partial charge in [-0.2, -0.15) is 0 Å². The lowest BCUT2D eigenvalue weighted by atomic mass is 9.96. The number of amides is 11. The monoisotopic (exact) mass is 1210 g/mol. The summed E-state index contributed by atoms with van der Waals surface area (Å²) in [4.78, 5) is 192. The van der Waals surface area contributed by atoms with Gasteiger partial charge < -0.3 is 83.6 Å². The first-order chi connectivity index (χ1) is 41.5. The van der Waals surface area contributed by atoms with E-state index in [0.717, 1.165) is 0 Å². The number of H-pyrrole nitrogens is 2. The number of likely N-dealkylation sites (tertiary alicyclic amines) is 4. The second kappa shape index (κ2) is 29.9.